The van der Waals surface area contributed by atoms with Gasteiger partial charge in [-0.25, -0.2) is 0 Å². The summed E-state index contributed by atoms with van der Waals surface area (Å²) in [5.41, 5.74) is 3.40. The molecule has 13 heavy (non-hydrogen) atoms. The van der Waals surface area contributed by atoms with Gasteiger partial charge in [0.25, 0.3) is 5.56 Å². The number of rotatable bonds is 1. The second-order valence-corrected chi connectivity index (χ2v) is 4.02. The Labute approximate surface area is 78.2 Å². The summed E-state index contributed by atoms with van der Waals surface area (Å²) in [7, 11) is 1.88. The van der Waals surface area contributed by atoms with Gasteiger partial charge in [0.15, 0.2) is 0 Å². The van der Waals surface area contributed by atoms with Crippen molar-refractivity contribution in [3.8, 4) is 0 Å². The molecule has 2 heteroatoms. The predicted molar refractivity (Wildman–Crippen MR) is 53.1 cm³/mol. The second kappa shape index (κ2) is 2.72. The van der Waals surface area contributed by atoms with Crippen LogP contribution in [0.15, 0.2) is 10.9 Å². The average molecular weight is 177 g/mol. The Bertz CT molecular complexity index is 399. The van der Waals surface area contributed by atoms with Crippen LogP contribution >= 0.6 is 0 Å². The van der Waals surface area contributed by atoms with Gasteiger partial charge in [0.2, 0.25) is 0 Å². The first-order valence-corrected chi connectivity index (χ1v) is 4.78. The molecule has 1 aliphatic carbocycles. The lowest BCUT2D eigenvalue weighted by molar-refractivity contribution is 0.764. The van der Waals surface area contributed by atoms with E-state index in [2.05, 4.69) is 6.07 Å². The minimum atomic E-state index is 0.168. The highest BCUT2D eigenvalue weighted by Crippen LogP contribution is 2.39. The zero-order chi connectivity index (χ0) is 9.59. The maximum atomic E-state index is 11.7. The highest BCUT2D eigenvalue weighted by molar-refractivity contribution is 5.28. The van der Waals surface area contributed by atoms with Gasteiger partial charge in [-0.1, -0.05) is 0 Å². The Morgan fingerprint density at radius 3 is 2.54 bits per heavy atom. The highest BCUT2D eigenvalue weighted by Gasteiger charge is 2.26. The Morgan fingerprint density at radius 2 is 2.00 bits per heavy atom. The van der Waals surface area contributed by atoms with Crippen LogP contribution < -0.4 is 5.56 Å². The molecule has 0 aliphatic heterocycles. The molecule has 1 aromatic rings. The standard InChI is InChI=1S/C11H15NO/c1-7-6-10(9-4-5-9)12(3)11(13)8(7)2/h6,9H,4-5H2,1-3H3. The molecule has 1 heterocycles. The van der Waals surface area contributed by atoms with Crippen LogP contribution in [-0.4, -0.2) is 4.57 Å². The fourth-order valence-electron chi connectivity index (χ4n) is 1.74. The molecule has 0 amide bonds. The first-order chi connectivity index (χ1) is 6.11. The van der Waals surface area contributed by atoms with Crippen molar-refractivity contribution >= 4 is 0 Å². The molecule has 0 atom stereocenters. The molecule has 0 saturated heterocycles. The van der Waals surface area contributed by atoms with Crippen LogP contribution in [0.25, 0.3) is 0 Å². The maximum Gasteiger partial charge on any atom is 0.253 e. The monoisotopic (exact) mass is 177 g/mol. The van der Waals surface area contributed by atoms with Gasteiger partial charge in [0.05, 0.1) is 0 Å². The van der Waals surface area contributed by atoms with Crippen LogP contribution in [-0.2, 0) is 7.05 Å². The van der Waals surface area contributed by atoms with E-state index in [1.807, 2.05) is 20.9 Å². The summed E-state index contributed by atoms with van der Waals surface area (Å²) in [6, 6.07) is 2.16. The maximum absolute atomic E-state index is 11.7. The third-order valence-corrected chi connectivity index (χ3v) is 2.96. The molecule has 1 aromatic heterocycles. The van der Waals surface area contributed by atoms with Crippen LogP contribution in [0.5, 0.6) is 0 Å². The van der Waals surface area contributed by atoms with E-state index in [1.165, 1.54) is 18.5 Å². The van der Waals surface area contributed by atoms with Crippen molar-refractivity contribution in [1.29, 1.82) is 0 Å². The van der Waals surface area contributed by atoms with Crippen LogP contribution in [0.1, 0.15) is 35.6 Å². The summed E-state index contributed by atoms with van der Waals surface area (Å²) >= 11 is 0. The summed E-state index contributed by atoms with van der Waals surface area (Å²) in [5.74, 6) is 0.650. The second-order valence-electron chi connectivity index (χ2n) is 4.02. The van der Waals surface area contributed by atoms with Gasteiger partial charge in [-0.3, -0.25) is 4.79 Å². The van der Waals surface area contributed by atoms with Crippen molar-refractivity contribution in [2.75, 3.05) is 0 Å². The topological polar surface area (TPSA) is 22.0 Å². The molecular weight excluding hydrogens is 162 g/mol. The molecule has 2 rings (SSSR count). The fraction of sp³-hybridized carbons (Fsp3) is 0.545. The fourth-order valence-corrected chi connectivity index (χ4v) is 1.74. The molecule has 0 N–H and O–H groups in total. The van der Waals surface area contributed by atoms with Crippen LogP contribution in [0.4, 0.5) is 0 Å². The molecule has 2 nitrogen and oxygen atoms in total. The normalized spacial score (nSPS) is 16.2. The van der Waals surface area contributed by atoms with E-state index in [0.717, 1.165) is 11.1 Å². The largest absolute Gasteiger partial charge is 0.315 e. The van der Waals surface area contributed by atoms with Crippen molar-refractivity contribution in [1.82, 2.24) is 4.57 Å². The van der Waals surface area contributed by atoms with Crippen molar-refractivity contribution in [2.45, 2.75) is 32.6 Å². The molecular formula is C11H15NO. The van der Waals surface area contributed by atoms with Crippen LogP contribution in [0, 0.1) is 13.8 Å². The minimum Gasteiger partial charge on any atom is -0.315 e. The molecule has 70 valence electrons. The lowest BCUT2D eigenvalue weighted by atomic mass is 10.1. The molecule has 1 saturated carbocycles. The summed E-state index contributed by atoms with van der Waals surface area (Å²) in [6.07, 6.45) is 2.49. The molecule has 0 spiro atoms. The average Bonchev–Trinajstić information content (AvgIpc) is 2.91. The zero-order valence-corrected chi connectivity index (χ0v) is 8.42. The Balaban J connectivity index is 2.65. The van der Waals surface area contributed by atoms with Gasteiger partial charge in [0.1, 0.15) is 0 Å². The van der Waals surface area contributed by atoms with Gasteiger partial charge in [-0.2, -0.15) is 0 Å². The third-order valence-electron chi connectivity index (χ3n) is 2.96. The number of aryl methyl sites for hydroxylation is 1. The van der Waals surface area contributed by atoms with Gasteiger partial charge in [-0.05, 0) is 44.2 Å². The lowest BCUT2D eigenvalue weighted by Crippen LogP contribution is -2.23. The Morgan fingerprint density at radius 1 is 1.38 bits per heavy atom. The first kappa shape index (κ1) is 8.54. The van der Waals surface area contributed by atoms with E-state index in [9.17, 15) is 4.79 Å². The summed E-state index contributed by atoms with van der Waals surface area (Å²) in [4.78, 5) is 11.7. The van der Waals surface area contributed by atoms with E-state index >= 15 is 0 Å². The van der Waals surface area contributed by atoms with Crippen molar-refractivity contribution in [2.24, 2.45) is 7.05 Å². The van der Waals surface area contributed by atoms with E-state index < -0.39 is 0 Å². The van der Waals surface area contributed by atoms with Crippen LogP contribution in [0.2, 0.25) is 0 Å². The lowest BCUT2D eigenvalue weighted by Gasteiger charge is -2.10. The number of hydrogen-bond donors (Lipinski definition) is 0. The third kappa shape index (κ3) is 1.30. The smallest absolute Gasteiger partial charge is 0.253 e. The Hall–Kier alpha value is -1.05. The molecule has 0 unspecified atom stereocenters. The van der Waals surface area contributed by atoms with Crippen LogP contribution in [0.3, 0.4) is 0 Å². The van der Waals surface area contributed by atoms with Gasteiger partial charge >= 0.3 is 0 Å². The van der Waals surface area contributed by atoms with Gasteiger partial charge in [-0.15, -0.1) is 0 Å². The quantitative estimate of drug-likeness (QED) is 0.642. The zero-order valence-electron chi connectivity index (χ0n) is 8.42. The summed E-state index contributed by atoms with van der Waals surface area (Å²) < 4.78 is 1.81. The van der Waals surface area contributed by atoms with Crippen molar-refractivity contribution in [3.05, 3.63) is 33.2 Å². The minimum absolute atomic E-state index is 0.168. The van der Waals surface area contributed by atoms with Gasteiger partial charge < -0.3 is 4.57 Å². The number of nitrogens with zero attached hydrogens (tertiary/aromatic N) is 1. The SMILES string of the molecule is Cc1cc(C2CC2)n(C)c(=O)c1C. The molecule has 0 bridgehead atoms. The predicted octanol–water partition coefficient (Wildman–Crippen LogP) is 1.88. The summed E-state index contributed by atoms with van der Waals surface area (Å²) in [5, 5.41) is 0. The van der Waals surface area contributed by atoms with Crippen molar-refractivity contribution in [3.63, 3.8) is 0 Å². The molecule has 0 radical (unpaired) electrons. The molecule has 0 aromatic carbocycles. The number of hydrogen-bond acceptors (Lipinski definition) is 1. The van der Waals surface area contributed by atoms with Gasteiger partial charge in [0, 0.05) is 18.3 Å². The number of pyridine rings is 1. The van der Waals surface area contributed by atoms with E-state index in [4.69, 9.17) is 0 Å². The molecule has 1 aliphatic rings. The molecule has 1 fully saturated rings. The van der Waals surface area contributed by atoms with Crippen molar-refractivity contribution < 1.29 is 0 Å². The summed E-state index contributed by atoms with van der Waals surface area (Å²) in [6.45, 7) is 3.91. The Kier molecular flexibility index (Phi) is 1.79. The van der Waals surface area contributed by atoms with E-state index in [-0.39, 0.29) is 5.56 Å². The highest BCUT2D eigenvalue weighted by atomic mass is 16.1. The van der Waals surface area contributed by atoms with E-state index in [0.29, 0.717) is 5.92 Å². The van der Waals surface area contributed by atoms with E-state index in [1.54, 1.807) is 4.57 Å². The number of aromatic nitrogens is 1. The first-order valence-electron chi connectivity index (χ1n) is 4.78.